The molecule has 0 amide bonds. The van der Waals surface area contributed by atoms with Crippen molar-refractivity contribution in [3.05, 3.63) is 71.8 Å². The molecule has 138 valence electrons. The summed E-state index contributed by atoms with van der Waals surface area (Å²) in [5.41, 5.74) is 2.07. The van der Waals surface area contributed by atoms with Crippen molar-refractivity contribution in [2.24, 2.45) is 5.41 Å². The van der Waals surface area contributed by atoms with E-state index >= 15 is 0 Å². The zero-order chi connectivity index (χ0) is 18.4. The van der Waals surface area contributed by atoms with Crippen LogP contribution in [0.15, 0.2) is 60.7 Å². The number of esters is 1. The third-order valence-electron chi connectivity index (χ3n) is 5.27. The summed E-state index contributed by atoms with van der Waals surface area (Å²) in [5.74, 6) is -0.157. The van der Waals surface area contributed by atoms with Gasteiger partial charge < -0.3 is 9.47 Å². The van der Waals surface area contributed by atoms with E-state index in [1.165, 1.54) is 18.2 Å². The Morgan fingerprint density at radius 2 is 1.46 bits per heavy atom. The molecule has 4 nitrogen and oxygen atoms in total. The third-order valence-corrected chi connectivity index (χ3v) is 5.27. The lowest BCUT2D eigenvalue weighted by Crippen LogP contribution is -2.56. The Kier molecular flexibility index (Phi) is 6.07. The standard InChI is InChI=1S/C22H27NO3/c1-25-17-22(21(24)26-2)13-20(14-22)23(15-18-9-5-3-6-10-18)16-19-11-7-4-8-12-19/h3-12,20H,13-17H2,1-2H3. The van der Waals surface area contributed by atoms with Gasteiger partial charge in [0.15, 0.2) is 0 Å². The highest BCUT2D eigenvalue weighted by Crippen LogP contribution is 2.45. The number of hydrogen-bond acceptors (Lipinski definition) is 4. The summed E-state index contributed by atoms with van der Waals surface area (Å²) >= 11 is 0. The smallest absolute Gasteiger partial charge is 0.314 e. The van der Waals surface area contributed by atoms with Crippen LogP contribution in [0.2, 0.25) is 0 Å². The van der Waals surface area contributed by atoms with Gasteiger partial charge in [-0.05, 0) is 24.0 Å². The monoisotopic (exact) mass is 353 g/mol. The Balaban J connectivity index is 1.74. The fraction of sp³-hybridized carbons (Fsp3) is 0.409. The Hall–Kier alpha value is -2.17. The van der Waals surface area contributed by atoms with Gasteiger partial charge in [0.25, 0.3) is 0 Å². The fourth-order valence-corrected chi connectivity index (χ4v) is 3.89. The second-order valence-corrected chi connectivity index (χ2v) is 7.14. The van der Waals surface area contributed by atoms with Crippen molar-refractivity contribution in [3.63, 3.8) is 0 Å². The first-order valence-electron chi connectivity index (χ1n) is 9.06. The highest BCUT2D eigenvalue weighted by atomic mass is 16.5. The van der Waals surface area contributed by atoms with Gasteiger partial charge >= 0.3 is 5.97 Å². The number of ether oxygens (including phenoxy) is 2. The van der Waals surface area contributed by atoms with Crippen LogP contribution in [0.25, 0.3) is 0 Å². The molecule has 1 saturated carbocycles. The van der Waals surface area contributed by atoms with E-state index in [-0.39, 0.29) is 5.97 Å². The number of rotatable bonds is 8. The minimum atomic E-state index is -0.500. The topological polar surface area (TPSA) is 38.8 Å². The van der Waals surface area contributed by atoms with Crippen molar-refractivity contribution in [2.45, 2.75) is 32.0 Å². The predicted molar refractivity (Wildman–Crippen MR) is 101 cm³/mol. The molecule has 3 rings (SSSR count). The van der Waals surface area contributed by atoms with Crippen LogP contribution in [0, 0.1) is 5.41 Å². The van der Waals surface area contributed by atoms with Gasteiger partial charge in [0.2, 0.25) is 0 Å². The SMILES string of the molecule is COCC1(C(=O)OC)CC(N(Cc2ccccc2)Cc2ccccc2)C1. The summed E-state index contributed by atoms with van der Waals surface area (Å²) in [6, 6.07) is 21.3. The third kappa shape index (κ3) is 4.14. The zero-order valence-electron chi connectivity index (χ0n) is 15.6. The lowest BCUT2D eigenvalue weighted by atomic mass is 9.65. The normalized spacial score (nSPS) is 22.0. The van der Waals surface area contributed by atoms with Crippen molar-refractivity contribution < 1.29 is 14.3 Å². The van der Waals surface area contributed by atoms with Crippen LogP contribution in [-0.2, 0) is 27.4 Å². The van der Waals surface area contributed by atoms with Crippen LogP contribution in [-0.4, -0.2) is 37.7 Å². The molecule has 0 N–H and O–H groups in total. The minimum Gasteiger partial charge on any atom is -0.469 e. The molecule has 1 fully saturated rings. The second-order valence-electron chi connectivity index (χ2n) is 7.14. The van der Waals surface area contributed by atoms with Crippen molar-refractivity contribution in [2.75, 3.05) is 20.8 Å². The van der Waals surface area contributed by atoms with Crippen molar-refractivity contribution in [1.29, 1.82) is 0 Å². The van der Waals surface area contributed by atoms with Gasteiger partial charge in [-0.25, -0.2) is 0 Å². The Bertz CT molecular complexity index is 654. The number of carbonyl (C=O) groups is 1. The quantitative estimate of drug-likeness (QED) is 0.679. The Labute approximate surface area is 155 Å². The largest absolute Gasteiger partial charge is 0.469 e. The maximum absolute atomic E-state index is 12.3. The number of hydrogen-bond donors (Lipinski definition) is 0. The van der Waals surface area contributed by atoms with Crippen molar-refractivity contribution in [3.8, 4) is 0 Å². The summed E-state index contributed by atoms with van der Waals surface area (Å²) < 4.78 is 10.4. The van der Waals surface area contributed by atoms with E-state index in [4.69, 9.17) is 9.47 Å². The molecular formula is C22H27NO3. The zero-order valence-corrected chi connectivity index (χ0v) is 15.6. The van der Waals surface area contributed by atoms with E-state index in [0.717, 1.165) is 25.9 Å². The average molecular weight is 353 g/mol. The molecule has 0 atom stereocenters. The first kappa shape index (κ1) is 18.6. The minimum absolute atomic E-state index is 0.157. The Morgan fingerprint density at radius 3 is 1.88 bits per heavy atom. The van der Waals surface area contributed by atoms with E-state index in [1.807, 2.05) is 12.1 Å². The van der Waals surface area contributed by atoms with Gasteiger partial charge in [0.1, 0.15) is 0 Å². The first-order valence-corrected chi connectivity index (χ1v) is 9.06. The van der Waals surface area contributed by atoms with Crippen molar-refractivity contribution >= 4 is 5.97 Å². The summed E-state index contributed by atoms with van der Waals surface area (Å²) in [6.07, 6.45) is 1.54. The van der Waals surface area contributed by atoms with E-state index in [9.17, 15) is 4.79 Å². The van der Waals surface area contributed by atoms with Crippen LogP contribution in [0.4, 0.5) is 0 Å². The van der Waals surface area contributed by atoms with E-state index in [2.05, 4.69) is 53.4 Å². The van der Waals surface area contributed by atoms with Gasteiger partial charge in [0, 0.05) is 26.2 Å². The second kappa shape index (κ2) is 8.47. The van der Waals surface area contributed by atoms with Crippen LogP contribution < -0.4 is 0 Å². The van der Waals surface area contributed by atoms with Crippen LogP contribution in [0.1, 0.15) is 24.0 Å². The molecule has 0 radical (unpaired) electrons. The molecule has 26 heavy (non-hydrogen) atoms. The fourth-order valence-electron chi connectivity index (χ4n) is 3.89. The summed E-state index contributed by atoms with van der Waals surface area (Å²) in [7, 11) is 3.10. The van der Waals surface area contributed by atoms with Crippen LogP contribution >= 0.6 is 0 Å². The Morgan fingerprint density at radius 1 is 0.962 bits per heavy atom. The van der Waals surface area contributed by atoms with Crippen molar-refractivity contribution in [1.82, 2.24) is 4.90 Å². The molecule has 0 bridgehead atoms. The molecule has 1 aliphatic rings. The predicted octanol–water partition coefficient (Wildman–Crippen LogP) is 3.66. The lowest BCUT2D eigenvalue weighted by Gasteiger charge is -2.49. The summed E-state index contributed by atoms with van der Waals surface area (Å²) in [5, 5.41) is 0. The molecule has 0 aliphatic heterocycles. The molecule has 4 heteroatoms. The van der Waals surface area contributed by atoms with Crippen LogP contribution in [0.3, 0.4) is 0 Å². The molecule has 0 spiro atoms. The molecule has 2 aromatic rings. The highest BCUT2D eigenvalue weighted by Gasteiger charge is 2.52. The number of carbonyl (C=O) groups excluding carboxylic acids is 1. The summed E-state index contributed by atoms with van der Waals surface area (Å²) in [4.78, 5) is 14.7. The van der Waals surface area contributed by atoms with Gasteiger partial charge in [-0.2, -0.15) is 0 Å². The molecule has 0 unspecified atom stereocenters. The number of methoxy groups -OCH3 is 2. The van der Waals surface area contributed by atoms with E-state index in [1.54, 1.807) is 7.11 Å². The van der Waals surface area contributed by atoms with Gasteiger partial charge in [-0.1, -0.05) is 60.7 Å². The molecule has 1 aliphatic carbocycles. The molecule has 2 aromatic carbocycles. The van der Waals surface area contributed by atoms with Crippen LogP contribution in [0.5, 0.6) is 0 Å². The molecule has 0 saturated heterocycles. The average Bonchev–Trinajstić information content (AvgIpc) is 2.65. The molecule has 0 heterocycles. The summed E-state index contributed by atoms with van der Waals surface area (Å²) in [6.45, 7) is 2.15. The van der Waals surface area contributed by atoms with Gasteiger partial charge in [0.05, 0.1) is 19.1 Å². The highest BCUT2D eigenvalue weighted by molar-refractivity contribution is 5.78. The first-order chi connectivity index (χ1) is 12.7. The lowest BCUT2D eigenvalue weighted by molar-refractivity contribution is -0.170. The molecule has 0 aromatic heterocycles. The van der Waals surface area contributed by atoms with E-state index < -0.39 is 5.41 Å². The van der Waals surface area contributed by atoms with E-state index in [0.29, 0.717) is 12.6 Å². The number of benzene rings is 2. The molecular weight excluding hydrogens is 326 g/mol. The maximum atomic E-state index is 12.3. The van der Waals surface area contributed by atoms with Gasteiger partial charge in [-0.15, -0.1) is 0 Å². The number of nitrogens with zero attached hydrogens (tertiary/aromatic N) is 1. The van der Waals surface area contributed by atoms with Gasteiger partial charge in [-0.3, -0.25) is 9.69 Å². The maximum Gasteiger partial charge on any atom is 0.314 e.